The van der Waals surface area contributed by atoms with Crippen molar-refractivity contribution in [1.82, 2.24) is 24.1 Å². The van der Waals surface area contributed by atoms with E-state index >= 15 is 0 Å². The smallest absolute Gasteiger partial charge is 0.268 e. The number of aromatic nitrogens is 5. The average molecular weight is 410 g/mol. The second-order valence-corrected chi connectivity index (χ2v) is 8.35. The minimum Gasteiger partial charge on any atom is -0.268 e. The first kappa shape index (κ1) is 15.3. The summed E-state index contributed by atoms with van der Waals surface area (Å²) in [7, 11) is 0. The van der Waals surface area contributed by atoms with Gasteiger partial charge in [-0.15, -0.1) is 5.10 Å². The Morgan fingerprint density at radius 3 is 2.56 bits per heavy atom. The van der Waals surface area contributed by atoms with Crippen molar-refractivity contribution in [3.8, 4) is 5.13 Å². The van der Waals surface area contributed by atoms with Crippen LogP contribution in [0, 0.1) is 0 Å². The van der Waals surface area contributed by atoms with Crippen LogP contribution in [0.5, 0.6) is 0 Å². The normalized spacial score (nSPS) is 12.0. The fraction of sp³-hybridized carbons (Fsp3) is 0. The van der Waals surface area contributed by atoms with Crippen LogP contribution in [0.25, 0.3) is 41.6 Å². The second-order valence-electron chi connectivity index (χ2n) is 5.97. The molecule has 6 rings (SSSR count). The molecule has 0 aliphatic heterocycles. The average Bonchev–Trinajstić information content (AvgIpc) is 3.34. The number of hydrogen-bond acceptors (Lipinski definition) is 6. The van der Waals surface area contributed by atoms with Crippen molar-refractivity contribution in [2.45, 2.75) is 0 Å². The predicted molar refractivity (Wildman–Crippen MR) is 110 cm³/mol. The van der Waals surface area contributed by atoms with Gasteiger partial charge in [0, 0.05) is 0 Å². The Morgan fingerprint density at radius 2 is 1.70 bits per heavy atom. The van der Waals surface area contributed by atoms with Gasteiger partial charge < -0.3 is 0 Å². The first-order chi connectivity index (χ1) is 13.2. The monoisotopic (exact) mass is 409 g/mol. The van der Waals surface area contributed by atoms with Crippen molar-refractivity contribution in [3.63, 3.8) is 0 Å². The lowest BCUT2D eigenvalue weighted by molar-refractivity contribution is 0.883. The Labute approximate surface area is 163 Å². The summed E-state index contributed by atoms with van der Waals surface area (Å²) in [6, 6.07) is 15.5. The highest BCUT2D eigenvalue weighted by atomic mass is 35.5. The van der Waals surface area contributed by atoms with E-state index in [0.717, 1.165) is 20.4 Å². The van der Waals surface area contributed by atoms with Crippen molar-refractivity contribution < 1.29 is 0 Å². The Bertz CT molecular complexity index is 1540. The highest BCUT2D eigenvalue weighted by molar-refractivity contribution is 7.23. The highest BCUT2D eigenvalue weighted by Crippen LogP contribution is 2.30. The van der Waals surface area contributed by atoms with E-state index in [1.54, 1.807) is 4.40 Å². The van der Waals surface area contributed by atoms with Crippen LogP contribution in [0.3, 0.4) is 0 Å². The molecule has 0 amide bonds. The Balaban J connectivity index is 1.71. The van der Waals surface area contributed by atoms with Gasteiger partial charge in [-0.05, 0) is 24.3 Å². The molecule has 0 atom stereocenters. The van der Waals surface area contributed by atoms with Gasteiger partial charge in [0.05, 0.1) is 20.4 Å². The molecule has 9 heteroatoms. The molecule has 2 aromatic carbocycles. The Hall–Kier alpha value is -2.81. The lowest BCUT2D eigenvalue weighted by atomic mass is 10.3. The summed E-state index contributed by atoms with van der Waals surface area (Å²) in [5.41, 5.74) is 1.80. The second kappa shape index (κ2) is 5.35. The minimum absolute atomic E-state index is 0.218. The van der Waals surface area contributed by atoms with Crippen molar-refractivity contribution in [3.05, 3.63) is 64.0 Å². The first-order valence-corrected chi connectivity index (χ1v) is 10.1. The van der Waals surface area contributed by atoms with Gasteiger partial charge in [0.1, 0.15) is 5.39 Å². The van der Waals surface area contributed by atoms with Gasteiger partial charge >= 0.3 is 0 Å². The molecule has 27 heavy (non-hydrogen) atoms. The van der Waals surface area contributed by atoms with Gasteiger partial charge in [-0.1, -0.05) is 58.5 Å². The summed E-state index contributed by atoms with van der Waals surface area (Å²) in [5, 5.41) is 5.61. The molecule has 0 aliphatic rings. The molecule has 0 N–H and O–H groups in total. The molecule has 0 spiro atoms. The van der Waals surface area contributed by atoms with Crippen LogP contribution in [0.15, 0.2) is 53.3 Å². The van der Waals surface area contributed by atoms with E-state index in [-0.39, 0.29) is 10.7 Å². The number of thiazole rings is 2. The summed E-state index contributed by atoms with van der Waals surface area (Å²) in [4.78, 5) is 22.9. The van der Waals surface area contributed by atoms with Crippen LogP contribution in [-0.4, -0.2) is 24.1 Å². The van der Waals surface area contributed by atoms with Crippen LogP contribution in [0.4, 0.5) is 0 Å². The molecule has 6 nitrogen and oxygen atoms in total. The van der Waals surface area contributed by atoms with E-state index in [1.165, 1.54) is 27.4 Å². The third kappa shape index (κ3) is 2.05. The molecule has 130 valence electrons. The molecule has 0 saturated carbocycles. The predicted octanol–water partition coefficient (Wildman–Crippen LogP) is 4.51. The number of rotatable bonds is 1. The van der Waals surface area contributed by atoms with Crippen LogP contribution in [-0.2, 0) is 0 Å². The number of para-hydroxylation sites is 2. The van der Waals surface area contributed by atoms with Crippen LogP contribution in [0.2, 0.25) is 5.15 Å². The quantitative estimate of drug-likeness (QED) is 0.400. The zero-order valence-corrected chi connectivity index (χ0v) is 15.8. The van der Waals surface area contributed by atoms with E-state index in [4.69, 9.17) is 11.6 Å². The lowest BCUT2D eigenvalue weighted by Gasteiger charge is -1.95. The van der Waals surface area contributed by atoms with Crippen LogP contribution < -0.4 is 5.56 Å². The standard InChI is InChI=1S/C18H8ClN5OS2/c19-14-13-15(22-24(14)18-20-9-5-1-3-7-11(9)26-18)21-17-23(16(13)25)10-6-2-4-8-12(10)27-17/h1-8H. The maximum atomic E-state index is 13.2. The van der Waals surface area contributed by atoms with E-state index in [9.17, 15) is 4.79 Å². The summed E-state index contributed by atoms with van der Waals surface area (Å²) < 4.78 is 5.11. The zero-order valence-electron chi connectivity index (χ0n) is 13.5. The molecule has 0 bridgehead atoms. The fourth-order valence-corrected chi connectivity index (χ4v) is 5.44. The number of halogens is 1. The minimum atomic E-state index is -0.218. The molecule has 0 saturated heterocycles. The van der Waals surface area contributed by atoms with Crippen LogP contribution in [0.1, 0.15) is 0 Å². The molecule has 0 radical (unpaired) electrons. The summed E-state index contributed by atoms with van der Waals surface area (Å²) in [5.74, 6) is 0. The van der Waals surface area contributed by atoms with Gasteiger partial charge in [-0.2, -0.15) is 9.67 Å². The summed E-state index contributed by atoms with van der Waals surface area (Å²) in [6.45, 7) is 0. The van der Waals surface area contributed by atoms with E-state index < -0.39 is 0 Å². The van der Waals surface area contributed by atoms with E-state index in [1.807, 2.05) is 48.5 Å². The zero-order chi connectivity index (χ0) is 18.1. The Kier molecular flexibility index (Phi) is 3.03. The molecular formula is C18H8ClN5OS2. The molecular weight excluding hydrogens is 402 g/mol. The first-order valence-electron chi connectivity index (χ1n) is 8.05. The molecule has 4 aromatic heterocycles. The van der Waals surface area contributed by atoms with Crippen molar-refractivity contribution in [2.75, 3.05) is 0 Å². The van der Waals surface area contributed by atoms with Crippen molar-refractivity contribution in [2.24, 2.45) is 0 Å². The van der Waals surface area contributed by atoms with Gasteiger partial charge in [0.15, 0.2) is 15.8 Å². The van der Waals surface area contributed by atoms with Gasteiger partial charge in [-0.3, -0.25) is 9.20 Å². The molecule has 0 unspecified atom stereocenters. The highest BCUT2D eigenvalue weighted by Gasteiger charge is 2.21. The molecule has 4 heterocycles. The van der Waals surface area contributed by atoms with Crippen LogP contribution >= 0.6 is 34.3 Å². The number of fused-ring (bicyclic) bond motifs is 5. The number of nitrogens with zero attached hydrogens (tertiary/aromatic N) is 5. The maximum Gasteiger partial charge on any atom is 0.271 e. The van der Waals surface area contributed by atoms with Gasteiger partial charge in [-0.25, -0.2) is 4.98 Å². The van der Waals surface area contributed by atoms with Gasteiger partial charge in [0.2, 0.25) is 5.13 Å². The summed E-state index contributed by atoms with van der Waals surface area (Å²) >= 11 is 9.48. The fourth-order valence-electron chi connectivity index (χ4n) is 3.17. The lowest BCUT2D eigenvalue weighted by Crippen LogP contribution is -2.13. The van der Waals surface area contributed by atoms with Gasteiger partial charge in [0.25, 0.3) is 5.56 Å². The Morgan fingerprint density at radius 1 is 0.926 bits per heavy atom. The van der Waals surface area contributed by atoms with Crippen molar-refractivity contribution >= 4 is 70.7 Å². The third-order valence-electron chi connectivity index (χ3n) is 4.39. The SMILES string of the molecule is O=c1c2c(Cl)n(-c3nc4ccccc4s3)nc2nc2sc3ccccc3n12. The topological polar surface area (TPSA) is 65.1 Å². The largest absolute Gasteiger partial charge is 0.271 e. The number of hydrogen-bond donors (Lipinski definition) is 0. The molecule has 6 aromatic rings. The van der Waals surface area contributed by atoms with Crippen molar-refractivity contribution in [1.29, 1.82) is 0 Å². The van der Waals surface area contributed by atoms with E-state index in [0.29, 0.717) is 21.1 Å². The molecule has 0 aliphatic carbocycles. The summed E-state index contributed by atoms with van der Waals surface area (Å²) in [6.07, 6.45) is 0. The third-order valence-corrected chi connectivity index (χ3v) is 6.77. The maximum absolute atomic E-state index is 13.2. The number of benzene rings is 2. The van der Waals surface area contributed by atoms with E-state index in [2.05, 4.69) is 15.1 Å². The molecule has 0 fully saturated rings.